The maximum atomic E-state index is 9.04. The molecule has 0 unspecified atom stereocenters. The highest BCUT2D eigenvalue weighted by Gasteiger charge is 2.21. The first kappa shape index (κ1) is 13.8. The van der Waals surface area contributed by atoms with Crippen LogP contribution in [-0.2, 0) is 0 Å². The molecule has 1 aromatic carbocycles. The minimum absolute atomic E-state index is 0.243. The van der Waals surface area contributed by atoms with Crippen LogP contribution in [-0.4, -0.2) is 31.4 Å². The maximum absolute atomic E-state index is 9.04. The van der Waals surface area contributed by atoms with Crippen molar-refractivity contribution in [3.8, 4) is 11.5 Å². The molecule has 0 fully saturated rings. The van der Waals surface area contributed by atoms with Gasteiger partial charge in [-0.3, -0.25) is 0 Å². The number of ether oxygens (including phenoxy) is 2. The standard InChI is InChI=1S/C8H11BO4.C2H6/c1-12-6-4-3-5-7(13-2)8(6)9(10)11;1-2/h3-5,10-11H,1-2H3;1-2H3. The minimum Gasteiger partial charge on any atom is -0.497 e. The maximum Gasteiger partial charge on any atom is 0.496 e. The van der Waals surface area contributed by atoms with Crippen LogP contribution in [0.15, 0.2) is 18.2 Å². The van der Waals surface area contributed by atoms with Crippen molar-refractivity contribution in [2.24, 2.45) is 0 Å². The van der Waals surface area contributed by atoms with Crippen LogP contribution < -0.4 is 14.9 Å². The quantitative estimate of drug-likeness (QED) is 0.712. The predicted molar refractivity (Wildman–Crippen MR) is 60.7 cm³/mol. The largest absolute Gasteiger partial charge is 0.497 e. The molecule has 4 nitrogen and oxygen atoms in total. The van der Waals surface area contributed by atoms with Crippen LogP contribution in [0.1, 0.15) is 13.8 Å². The van der Waals surface area contributed by atoms with Gasteiger partial charge >= 0.3 is 7.12 Å². The zero-order valence-electron chi connectivity index (χ0n) is 9.52. The summed E-state index contributed by atoms with van der Waals surface area (Å²) in [5.41, 5.74) is 0.243. The molecule has 0 amide bonds. The van der Waals surface area contributed by atoms with E-state index in [0.29, 0.717) is 11.5 Å². The highest BCUT2D eigenvalue weighted by molar-refractivity contribution is 6.60. The first-order valence-electron chi connectivity index (χ1n) is 4.77. The van der Waals surface area contributed by atoms with Gasteiger partial charge in [0, 0.05) is 0 Å². The molecule has 0 aliphatic carbocycles. The van der Waals surface area contributed by atoms with E-state index >= 15 is 0 Å². The van der Waals surface area contributed by atoms with Crippen LogP contribution in [0.25, 0.3) is 0 Å². The molecule has 1 aromatic rings. The van der Waals surface area contributed by atoms with Gasteiger partial charge in [0.2, 0.25) is 0 Å². The Morgan fingerprint density at radius 3 is 1.67 bits per heavy atom. The van der Waals surface area contributed by atoms with Crippen LogP contribution in [0, 0.1) is 0 Å². The summed E-state index contributed by atoms with van der Waals surface area (Å²) in [6, 6.07) is 4.98. The predicted octanol–water partition coefficient (Wildman–Crippen LogP) is 0.410. The van der Waals surface area contributed by atoms with Crippen molar-refractivity contribution in [3.05, 3.63) is 18.2 Å². The summed E-state index contributed by atoms with van der Waals surface area (Å²) in [4.78, 5) is 0. The fourth-order valence-electron chi connectivity index (χ4n) is 1.13. The van der Waals surface area contributed by atoms with Gasteiger partial charge in [0.15, 0.2) is 0 Å². The summed E-state index contributed by atoms with van der Waals surface area (Å²) in [5.74, 6) is 0.795. The van der Waals surface area contributed by atoms with Crippen molar-refractivity contribution in [3.63, 3.8) is 0 Å². The lowest BCUT2D eigenvalue weighted by molar-refractivity contribution is 0.385. The Labute approximate surface area is 90.6 Å². The Balaban J connectivity index is 0.000000921. The summed E-state index contributed by atoms with van der Waals surface area (Å²) in [5, 5.41) is 18.1. The van der Waals surface area contributed by atoms with Gasteiger partial charge in [-0.15, -0.1) is 0 Å². The van der Waals surface area contributed by atoms with E-state index in [-0.39, 0.29) is 5.46 Å². The van der Waals surface area contributed by atoms with Gasteiger partial charge < -0.3 is 19.5 Å². The van der Waals surface area contributed by atoms with Crippen LogP contribution in [0.5, 0.6) is 11.5 Å². The molecule has 15 heavy (non-hydrogen) atoms. The van der Waals surface area contributed by atoms with E-state index in [1.165, 1.54) is 14.2 Å². The molecular formula is C10H17BO4. The number of methoxy groups -OCH3 is 2. The summed E-state index contributed by atoms with van der Waals surface area (Å²) >= 11 is 0. The van der Waals surface area contributed by atoms with E-state index in [1.54, 1.807) is 18.2 Å². The van der Waals surface area contributed by atoms with Gasteiger partial charge in [-0.25, -0.2) is 0 Å². The monoisotopic (exact) mass is 212 g/mol. The van der Waals surface area contributed by atoms with Crippen molar-refractivity contribution < 1.29 is 19.5 Å². The Bertz CT molecular complexity index is 267. The number of benzene rings is 1. The Kier molecular flexibility index (Phi) is 6.57. The van der Waals surface area contributed by atoms with Crippen LogP contribution in [0.2, 0.25) is 0 Å². The van der Waals surface area contributed by atoms with E-state index in [2.05, 4.69) is 0 Å². The summed E-state index contributed by atoms with van der Waals surface area (Å²) in [6.45, 7) is 4.00. The molecule has 0 atom stereocenters. The second-order valence-corrected chi connectivity index (χ2v) is 2.45. The van der Waals surface area contributed by atoms with Crippen LogP contribution >= 0.6 is 0 Å². The molecule has 0 bridgehead atoms. The van der Waals surface area contributed by atoms with E-state index in [4.69, 9.17) is 19.5 Å². The van der Waals surface area contributed by atoms with Gasteiger partial charge in [0.25, 0.3) is 0 Å². The molecule has 1 rings (SSSR count). The molecule has 0 saturated heterocycles. The summed E-state index contributed by atoms with van der Waals surface area (Å²) < 4.78 is 9.90. The summed E-state index contributed by atoms with van der Waals surface area (Å²) in [7, 11) is 1.33. The number of hydrogen-bond donors (Lipinski definition) is 2. The van der Waals surface area contributed by atoms with E-state index in [1.807, 2.05) is 13.8 Å². The first-order chi connectivity index (χ1) is 7.20. The first-order valence-corrected chi connectivity index (χ1v) is 4.77. The van der Waals surface area contributed by atoms with E-state index in [0.717, 1.165) is 0 Å². The van der Waals surface area contributed by atoms with Gasteiger partial charge in [-0.1, -0.05) is 19.9 Å². The van der Waals surface area contributed by atoms with Crippen molar-refractivity contribution in [2.45, 2.75) is 13.8 Å². The van der Waals surface area contributed by atoms with E-state index in [9.17, 15) is 0 Å². The molecule has 84 valence electrons. The highest BCUT2D eigenvalue weighted by atomic mass is 16.5. The lowest BCUT2D eigenvalue weighted by Crippen LogP contribution is -2.32. The third kappa shape index (κ3) is 3.45. The van der Waals surface area contributed by atoms with Crippen molar-refractivity contribution >= 4 is 12.6 Å². The number of hydrogen-bond acceptors (Lipinski definition) is 4. The normalized spacial score (nSPS) is 8.67. The summed E-state index contributed by atoms with van der Waals surface area (Å²) in [6.07, 6.45) is 0. The zero-order chi connectivity index (χ0) is 11.8. The Morgan fingerprint density at radius 2 is 1.40 bits per heavy atom. The fourth-order valence-corrected chi connectivity index (χ4v) is 1.13. The van der Waals surface area contributed by atoms with Gasteiger partial charge in [-0.05, 0) is 12.1 Å². The Morgan fingerprint density at radius 1 is 1.00 bits per heavy atom. The molecule has 0 saturated carbocycles. The van der Waals surface area contributed by atoms with Crippen molar-refractivity contribution in [2.75, 3.05) is 14.2 Å². The van der Waals surface area contributed by atoms with E-state index < -0.39 is 7.12 Å². The van der Waals surface area contributed by atoms with Crippen LogP contribution in [0.3, 0.4) is 0 Å². The molecule has 0 aliphatic heterocycles. The van der Waals surface area contributed by atoms with Gasteiger partial charge in [0.1, 0.15) is 11.5 Å². The van der Waals surface area contributed by atoms with Crippen molar-refractivity contribution in [1.82, 2.24) is 0 Å². The smallest absolute Gasteiger partial charge is 0.496 e. The number of rotatable bonds is 3. The molecule has 0 aromatic heterocycles. The Hall–Kier alpha value is -1.20. The molecule has 0 aliphatic rings. The second kappa shape index (κ2) is 7.14. The minimum atomic E-state index is -1.59. The molecule has 0 spiro atoms. The fraction of sp³-hybridized carbons (Fsp3) is 0.400. The molecular weight excluding hydrogens is 195 g/mol. The van der Waals surface area contributed by atoms with Crippen molar-refractivity contribution in [1.29, 1.82) is 0 Å². The average molecular weight is 212 g/mol. The van der Waals surface area contributed by atoms with Gasteiger partial charge in [-0.2, -0.15) is 0 Å². The average Bonchev–Trinajstić information content (AvgIpc) is 2.30. The molecule has 0 heterocycles. The molecule has 5 heteroatoms. The lowest BCUT2D eigenvalue weighted by Gasteiger charge is -2.11. The highest BCUT2D eigenvalue weighted by Crippen LogP contribution is 2.16. The third-order valence-electron chi connectivity index (χ3n) is 1.72. The SMILES string of the molecule is CC.COc1cccc(OC)c1B(O)O. The zero-order valence-corrected chi connectivity index (χ0v) is 9.52. The lowest BCUT2D eigenvalue weighted by atomic mass is 9.78. The topological polar surface area (TPSA) is 58.9 Å². The van der Waals surface area contributed by atoms with Gasteiger partial charge in [0.05, 0.1) is 19.7 Å². The second-order valence-electron chi connectivity index (χ2n) is 2.45. The third-order valence-corrected chi connectivity index (χ3v) is 1.72. The molecule has 2 N–H and O–H groups in total. The molecule has 0 radical (unpaired) electrons. The van der Waals surface area contributed by atoms with Crippen LogP contribution in [0.4, 0.5) is 0 Å².